The molecule has 1 heterocycles. The fourth-order valence-electron chi connectivity index (χ4n) is 2.11. The molecule has 2 rings (SSSR count). The number of carbonyl (C=O) groups excluding carboxylic acids is 1. The van der Waals surface area contributed by atoms with Gasteiger partial charge in [0.1, 0.15) is 4.32 Å². The van der Waals surface area contributed by atoms with Gasteiger partial charge in [0.2, 0.25) is 0 Å². The van der Waals surface area contributed by atoms with Gasteiger partial charge in [0.05, 0.1) is 22.2 Å². The predicted octanol–water partition coefficient (Wildman–Crippen LogP) is 4.48. The van der Waals surface area contributed by atoms with E-state index in [4.69, 9.17) is 21.7 Å². The van der Waals surface area contributed by atoms with Crippen LogP contribution in [-0.2, 0) is 4.79 Å². The molecule has 1 saturated heterocycles. The third kappa shape index (κ3) is 4.31. The molecule has 1 aliphatic rings. The molecule has 4 nitrogen and oxygen atoms in total. The van der Waals surface area contributed by atoms with Gasteiger partial charge >= 0.3 is 0 Å². The number of ether oxygens (including phenoxy) is 2. The Morgan fingerprint density at radius 1 is 1.46 bits per heavy atom. The molecule has 1 aromatic carbocycles. The third-order valence-electron chi connectivity index (χ3n) is 3.19. The Kier molecular flexibility index (Phi) is 7.12. The smallest absolute Gasteiger partial charge is 0.266 e. The zero-order valence-corrected chi connectivity index (χ0v) is 17.3. The quantitative estimate of drug-likeness (QED) is 0.252. The number of rotatable bonds is 7. The Bertz CT molecular complexity index is 703. The van der Waals surface area contributed by atoms with Crippen LogP contribution in [0.1, 0.15) is 18.9 Å². The Balaban J connectivity index is 2.33. The average molecular weight is 475 g/mol. The highest BCUT2D eigenvalue weighted by molar-refractivity contribution is 14.1. The van der Waals surface area contributed by atoms with E-state index in [0.29, 0.717) is 28.1 Å². The maximum absolute atomic E-state index is 12.4. The number of amides is 1. The summed E-state index contributed by atoms with van der Waals surface area (Å²) in [6, 6.07) is 3.83. The molecule has 1 fully saturated rings. The van der Waals surface area contributed by atoms with E-state index >= 15 is 0 Å². The molecule has 0 saturated carbocycles. The van der Waals surface area contributed by atoms with Crippen LogP contribution in [0.4, 0.5) is 0 Å². The highest BCUT2D eigenvalue weighted by Crippen LogP contribution is 2.37. The van der Waals surface area contributed by atoms with Crippen molar-refractivity contribution in [1.82, 2.24) is 4.90 Å². The number of nitrogens with zero attached hydrogens (tertiary/aromatic N) is 1. The molecule has 1 aromatic rings. The Labute approximate surface area is 165 Å². The lowest BCUT2D eigenvalue weighted by atomic mass is 10.2. The van der Waals surface area contributed by atoms with Crippen LogP contribution < -0.4 is 9.47 Å². The van der Waals surface area contributed by atoms with Crippen molar-refractivity contribution in [2.24, 2.45) is 0 Å². The number of halogens is 1. The summed E-state index contributed by atoms with van der Waals surface area (Å²) in [5.41, 5.74) is 0.874. The summed E-state index contributed by atoms with van der Waals surface area (Å²) in [7, 11) is 1.61. The van der Waals surface area contributed by atoms with E-state index < -0.39 is 0 Å². The van der Waals surface area contributed by atoms with Crippen molar-refractivity contribution < 1.29 is 14.3 Å². The van der Waals surface area contributed by atoms with Crippen molar-refractivity contribution in [2.75, 3.05) is 20.3 Å². The van der Waals surface area contributed by atoms with E-state index in [0.717, 1.165) is 21.3 Å². The summed E-state index contributed by atoms with van der Waals surface area (Å²) >= 11 is 8.77. The van der Waals surface area contributed by atoms with Gasteiger partial charge in [0, 0.05) is 6.54 Å². The maximum atomic E-state index is 12.4. The van der Waals surface area contributed by atoms with Crippen LogP contribution in [0.2, 0.25) is 0 Å². The normalized spacial score (nSPS) is 16.0. The van der Waals surface area contributed by atoms with Crippen molar-refractivity contribution in [3.8, 4) is 11.5 Å². The summed E-state index contributed by atoms with van der Waals surface area (Å²) in [4.78, 5) is 14.5. The highest BCUT2D eigenvalue weighted by atomic mass is 127. The van der Waals surface area contributed by atoms with Gasteiger partial charge < -0.3 is 9.47 Å². The molecule has 1 aliphatic heterocycles. The second-order valence-corrected chi connectivity index (χ2v) is 7.80. The minimum Gasteiger partial charge on any atom is -0.493 e. The zero-order chi connectivity index (χ0) is 17.7. The molecule has 1 amide bonds. The van der Waals surface area contributed by atoms with Gasteiger partial charge in [-0.1, -0.05) is 37.0 Å². The van der Waals surface area contributed by atoms with Gasteiger partial charge in [-0.2, -0.15) is 0 Å². The third-order valence-corrected chi connectivity index (χ3v) is 5.36. The monoisotopic (exact) mass is 475 g/mol. The fourth-order valence-corrected chi connectivity index (χ4v) is 4.16. The summed E-state index contributed by atoms with van der Waals surface area (Å²) in [6.07, 6.45) is 4.42. The first-order valence-corrected chi connectivity index (χ1v) is 9.68. The topological polar surface area (TPSA) is 38.8 Å². The summed E-state index contributed by atoms with van der Waals surface area (Å²) < 4.78 is 12.7. The molecule has 0 bridgehead atoms. The van der Waals surface area contributed by atoms with Crippen LogP contribution in [0.25, 0.3) is 6.08 Å². The highest BCUT2D eigenvalue weighted by Gasteiger charge is 2.31. The van der Waals surface area contributed by atoms with Crippen LogP contribution in [0, 0.1) is 3.57 Å². The molecular formula is C17H18INO3S2. The lowest BCUT2D eigenvalue weighted by Gasteiger charge is -2.13. The fraction of sp³-hybridized carbons (Fsp3) is 0.294. The molecule has 24 heavy (non-hydrogen) atoms. The van der Waals surface area contributed by atoms with E-state index in [9.17, 15) is 4.79 Å². The van der Waals surface area contributed by atoms with Gasteiger partial charge in [0.15, 0.2) is 11.5 Å². The number of hydrogen-bond donors (Lipinski definition) is 0. The van der Waals surface area contributed by atoms with E-state index in [1.165, 1.54) is 11.8 Å². The van der Waals surface area contributed by atoms with E-state index in [-0.39, 0.29) is 5.91 Å². The summed E-state index contributed by atoms with van der Waals surface area (Å²) in [6.45, 7) is 6.77. The van der Waals surface area contributed by atoms with Crippen molar-refractivity contribution in [2.45, 2.75) is 13.3 Å². The molecule has 7 heteroatoms. The van der Waals surface area contributed by atoms with Gasteiger partial charge in [-0.25, -0.2) is 0 Å². The molecule has 0 atom stereocenters. The Morgan fingerprint density at radius 3 is 2.83 bits per heavy atom. The standard InChI is InChI=1S/C17H18INO3S2/c1-4-6-19-16(20)14(24-17(19)23)10-11-8-12(18)15(22-7-5-2)13(9-11)21-3/h4,8-10H,1,5-7H2,2-3H3/b14-10+. The van der Waals surface area contributed by atoms with Crippen LogP contribution in [0.5, 0.6) is 11.5 Å². The molecular weight excluding hydrogens is 457 g/mol. The second-order valence-electron chi connectivity index (χ2n) is 4.96. The van der Waals surface area contributed by atoms with Crippen LogP contribution in [0.3, 0.4) is 0 Å². The first-order valence-electron chi connectivity index (χ1n) is 7.38. The minimum atomic E-state index is -0.0924. The molecule has 128 valence electrons. The van der Waals surface area contributed by atoms with Crippen molar-refractivity contribution >= 4 is 62.9 Å². The molecule has 0 unspecified atom stereocenters. The van der Waals surface area contributed by atoms with Crippen molar-refractivity contribution in [1.29, 1.82) is 0 Å². The Hall–Kier alpha value is -1.06. The van der Waals surface area contributed by atoms with Gasteiger partial charge in [0.25, 0.3) is 5.91 Å². The SMILES string of the molecule is C=CCN1C(=O)/C(=C\c2cc(I)c(OCCC)c(OC)c2)SC1=S. The average Bonchev–Trinajstić information content (AvgIpc) is 2.81. The zero-order valence-electron chi connectivity index (χ0n) is 13.5. The van der Waals surface area contributed by atoms with E-state index in [2.05, 4.69) is 36.1 Å². The number of benzene rings is 1. The number of methoxy groups -OCH3 is 1. The maximum Gasteiger partial charge on any atom is 0.266 e. The predicted molar refractivity (Wildman–Crippen MR) is 112 cm³/mol. The van der Waals surface area contributed by atoms with E-state index in [1.807, 2.05) is 18.2 Å². The van der Waals surface area contributed by atoms with Gasteiger partial charge in [-0.3, -0.25) is 9.69 Å². The lowest BCUT2D eigenvalue weighted by Crippen LogP contribution is -2.27. The molecule has 0 aromatic heterocycles. The van der Waals surface area contributed by atoms with Crippen LogP contribution in [0.15, 0.2) is 29.7 Å². The number of carbonyl (C=O) groups is 1. The van der Waals surface area contributed by atoms with E-state index in [1.54, 1.807) is 18.1 Å². The second kappa shape index (κ2) is 8.87. The summed E-state index contributed by atoms with van der Waals surface area (Å²) in [5.74, 6) is 1.30. The first kappa shape index (κ1) is 19.3. The van der Waals surface area contributed by atoms with Crippen molar-refractivity contribution in [3.63, 3.8) is 0 Å². The number of hydrogen-bond acceptors (Lipinski definition) is 5. The number of thiocarbonyl (C=S) groups is 1. The van der Waals surface area contributed by atoms with Gasteiger partial charge in [-0.05, 0) is 52.8 Å². The van der Waals surface area contributed by atoms with Gasteiger partial charge in [-0.15, -0.1) is 6.58 Å². The van der Waals surface area contributed by atoms with Crippen LogP contribution in [-0.4, -0.2) is 35.4 Å². The summed E-state index contributed by atoms with van der Waals surface area (Å²) in [5, 5.41) is 0. The lowest BCUT2D eigenvalue weighted by molar-refractivity contribution is -0.121. The Morgan fingerprint density at radius 2 is 2.21 bits per heavy atom. The molecule has 0 N–H and O–H groups in total. The molecule has 0 radical (unpaired) electrons. The van der Waals surface area contributed by atoms with Crippen molar-refractivity contribution in [3.05, 3.63) is 38.8 Å². The first-order chi connectivity index (χ1) is 11.5. The molecule has 0 spiro atoms. The molecule has 0 aliphatic carbocycles. The van der Waals surface area contributed by atoms with Crippen LogP contribution >= 0.6 is 46.6 Å². The largest absolute Gasteiger partial charge is 0.493 e. The number of thioether (sulfide) groups is 1. The minimum absolute atomic E-state index is 0.0924.